The van der Waals surface area contributed by atoms with E-state index in [0.29, 0.717) is 13.0 Å². The van der Waals surface area contributed by atoms with Crippen LogP contribution in [0.3, 0.4) is 0 Å². The van der Waals surface area contributed by atoms with Gasteiger partial charge >= 0.3 is 12.0 Å². The zero-order chi connectivity index (χ0) is 15.1. The highest BCUT2D eigenvalue weighted by molar-refractivity contribution is 5.84. The minimum absolute atomic E-state index is 0.0423. The van der Waals surface area contributed by atoms with Crippen LogP contribution >= 0.6 is 0 Å². The number of carboxylic acid groups (broad SMARTS) is 1. The number of nitrogens with zero attached hydrogens (tertiary/aromatic N) is 1. The van der Waals surface area contributed by atoms with E-state index in [1.54, 1.807) is 13.8 Å². The van der Waals surface area contributed by atoms with Crippen molar-refractivity contribution in [1.29, 1.82) is 0 Å². The van der Waals surface area contributed by atoms with Crippen molar-refractivity contribution in [3.8, 4) is 0 Å². The van der Waals surface area contributed by atoms with Crippen LogP contribution in [-0.2, 0) is 9.59 Å². The van der Waals surface area contributed by atoms with Gasteiger partial charge in [-0.1, -0.05) is 6.92 Å². The summed E-state index contributed by atoms with van der Waals surface area (Å²) in [6, 6.07) is -0.434. The number of nitrogens with one attached hydrogen (secondary N) is 2. The summed E-state index contributed by atoms with van der Waals surface area (Å²) in [7, 11) is 1.50. The molecule has 7 heteroatoms. The van der Waals surface area contributed by atoms with E-state index in [2.05, 4.69) is 10.6 Å². The van der Waals surface area contributed by atoms with Crippen molar-refractivity contribution in [3.63, 3.8) is 0 Å². The fourth-order valence-electron chi connectivity index (χ4n) is 1.57. The molecule has 0 radical (unpaired) electrons. The van der Waals surface area contributed by atoms with Gasteiger partial charge < -0.3 is 20.6 Å². The third-order valence-electron chi connectivity index (χ3n) is 2.43. The molecule has 0 heterocycles. The molecule has 0 aliphatic heterocycles. The molecule has 3 amide bonds. The van der Waals surface area contributed by atoms with Crippen LogP contribution in [0.2, 0.25) is 0 Å². The first-order valence-corrected chi connectivity index (χ1v) is 6.21. The van der Waals surface area contributed by atoms with Gasteiger partial charge in [-0.2, -0.15) is 0 Å². The van der Waals surface area contributed by atoms with Crippen molar-refractivity contribution in [1.82, 2.24) is 15.5 Å². The van der Waals surface area contributed by atoms with Gasteiger partial charge in [0.2, 0.25) is 5.91 Å². The zero-order valence-corrected chi connectivity index (χ0v) is 11.9. The zero-order valence-electron chi connectivity index (χ0n) is 11.9. The Bertz CT molecular complexity index is 342. The first-order valence-electron chi connectivity index (χ1n) is 6.21. The second-order valence-electron chi connectivity index (χ2n) is 4.98. The minimum atomic E-state index is -0.987. The molecule has 0 aliphatic carbocycles. The van der Waals surface area contributed by atoms with Gasteiger partial charge in [-0.15, -0.1) is 0 Å². The number of rotatable bonds is 7. The van der Waals surface area contributed by atoms with Gasteiger partial charge in [0, 0.05) is 19.1 Å². The number of amides is 3. The number of carboxylic acids is 1. The van der Waals surface area contributed by atoms with Crippen LogP contribution in [0.5, 0.6) is 0 Å². The van der Waals surface area contributed by atoms with E-state index in [-0.39, 0.29) is 18.9 Å². The molecule has 0 bridgehead atoms. The molecule has 110 valence electrons. The number of carbonyl (C=O) groups excluding carboxylic acids is 2. The van der Waals surface area contributed by atoms with Crippen LogP contribution < -0.4 is 10.6 Å². The molecule has 0 fully saturated rings. The number of hydrogen-bond acceptors (Lipinski definition) is 3. The van der Waals surface area contributed by atoms with E-state index in [4.69, 9.17) is 5.11 Å². The van der Waals surface area contributed by atoms with Crippen LogP contribution in [0.4, 0.5) is 4.79 Å². The lowest BCUT2D eigenvalue weighted by Gasteiger charge is -2.29. The van der Waals surface area contributed by atoms with Crippen LogP contribution in [-0.4, -0.2) is 53.6 Å². The van der Waals surface area contributed by atoms with Gasteiger partial charge in [0.05, 0.1) is 6.42 Å². The highest BCUT2D eigenvalue weighted by Crippen LogP contribution is 2.09. The maximum Gasteiger partial charge on any atom is 0.318 e. The third kappa shape index (κ3) is 7.28. The molecule has 3 N–H and O–H groups in total. The molecule has 0 rings (SSSR count). The fraction of sp³-hybridized carbons (Fsp3) is 0.750. The lowest BCUT2D eigenvalue weighted by atomic mass is 10.0. The molecule has 0 aromatic heterocycles. The fourth-order valence-corrected chi connectivity index (χ4v) is 1.57. The van der Waals surface area contributed by atoms with Crippen molar-refractivity contribution >= 4 is 17.9 Å². The molecule has 0 saturated carbocycles. The Balaban J connectivity index is 4.63. The number of hydrogen-bond donors (Lipinski definition) is 3. The van der Waals surface area contributed by atoms with Crippen molar-refractivity contribution in [3.05, 3.63) is 0 Å². The molecule has 0 aromatic rings. The van der Waals surface area contributed by atoms with Crippen LogP contribution in [0, 0.1) is 0 Å². The second kappa shape index (κ2) is 7.60. The predicted molar refractivity (Wildman–Crippen MR) is 70.8 cm³/mol. The monoisotopic (exact) mass is 273 g/mol. The molecule has 19 heavy (non-hydrogen) atoms. The maximum atomic E-state index is 12.0. The molecule has 7 nitrogen and oxygen atoms in total. The van der Waals surface area contributed by atoms with Gasteiger partial charge in [-0.3, -0.25) is 9.59 Å². The van der Waals surface area contributed by atoms with Crippen molar-refractivity contribution in [2.45, 2.75) is 39.2 Å². The highest BCUT2D eigenvalue weighted by atomic mass is 16.4. The quantitative estimate of drug-likeness (QED) is 0.625. The van der Waals surface area contributed by atoms with Crippen LogP contribution in [0.25, 0.3) is 0 Å². The van der Waals surface area contributed by atoms with Gasteiger partial charge in [0.15, 0.2) is 0 Å². The molecule has 0 saturated heterocycles. The van der Waals surface area contributed by atoms with E-state index in [1.165, 1.54) is 11.9 Å². The van der Waals surface area contributed by atoms with Crippen molar-refractivity contribution in [2.75, 3.05) is 20.1 Å². The summed E-state index contributed by atoms with van der Waals surface area (Å²) in [4.78, 5) is 35.4. The van der Waals surface area contributed by atoms with Crippen molar-refractivity contribution in [2.24, 2.45) is 0 Å². The van der Waals surface area contributed by atoms with E-state index < -0.39 is 17.5 Å². The smallest absolute Gasteiger partial charge is 0.318 e. The maximum absolute atomic E-state index is 12.0. The third-order valence-corrected chi connectivity index (χ3v) is 2.43. The van der Waals surface area contributed by atoms with Gasteiger partial charge in [0.25, 0.3) is 0 Å². The topological polar surface area (TPSA) is 98.7 Å². The summed E-state index contributed by atoms with van der Waals surface area (Å²) in [5.74, 6) is -1.25. The number of carbonyl (C=O) groups is 3. The molecular weight excluding hydrogens is 250 g/mol. The summed E-state index contributed by atoms with van der Waals surface area (Å²) in [6.45, 7) is 5.54. The second-order valence-corrected chi connectivity index (χ2v) is 4.98. The van der Waals surface area contributed by atoms with E-state index in [9.17, 15) is 14.4 Å². The van der Waals surface area contributed by atoms with Gasteiger partial charge in [-0.05, 0) is 20.3 Å². The Hall–Kier alpha value is -1.79. The molecule has 0 aromatic carbocycles. The largest absolute Gasteiger partial charge is 0.481 e. The molecule has 0 spiro atoms. The van der Waals surface area contributed by atoms with E-state index in [1.807, 2.05) is 6.92 Å². The average Bonchev–Trinajstić information content (AvgIpc) is 2.25. The standard InChI is InChI=1S/C12H23N3O4/c1-5-6-15(8-9(16)13-4)11(19)14-12(2,3)7-10(17)18/h5-8H2,1-4H3,(H,13,16)(H,14,19)(H,17,18). The van der Waals surface area contributed by atoms with Crippen molar-refractivity contribution < 1.29 is 19.5 Å². The van der Waals surface area contributed by atoms with Crippen LogP contribution in [0.15, 0.2) is 0 Å². The lowest BCUT2D eigenvalue weighted by Crippen LogP contribution is -2.53. The van der Waals surface area contributed by atoms with Gasteiger partial charge in [-0.25, -0.2) is 4.79 Å². The SMILES string of the molecule is CCCN(CC(=O)NC)C(=O)NC(C)(C)CC(=O)O. The highest BCUT2D eigenvalue weighted by Gasteiger charge is 2.26. The minimum Gasteiger partial charge on any atom is -0.481 e. The molecular formula is C12H23N3O4. The Morgan fingerprint density at radius 1 is 1.26 bits per heavy atom. The molecule has 0 atom stereocenters. The Morgan fingerprint density at radius 3 is 2.26 bits per heavy atom. The van der Waals surface area contributed by atoms with E-state index in [0.717, 1.165) is 0 Å². The Labute approximate surface area is 113 Å². The van der Waals surface area contributed by atoms with E-state index >= 15 is 0 Å². The first kappa shape index (κ1) is 17.2. The summed E-state index contributed by atoms with van der Waals surface area (Å²) in [5.41, 5.74) is -0.863. The summed E-state index contributed by atoms with van der Waals surface area (Å²) in [6.07, 6.45) is 0.530. The number of aliphatic carboxylic acids is 1. The number of urea groups is 1. The lowest BCUT2D eigenvalue weighted by molar-refractivity contribution is -0.138. The molecule has 0 aliphatic rings. The Morgan fingerprint density at radius 2 is 1.84 bits per heavy atom. The predicted octanol–water partition coefficient (Wildman–Crippen LogP) is 0.407. The summed E-state index contributed by atoms with van der Waals surface area (Å²) >= 11 is 0. The van der Waals surface area contributed by atoms with Crippen LogP contribution in [0.1, 0.15) is 33.6 Å². The average molecular weight is 273 g/mol. The first-order chi connectivity index (χ1) is 8.71. The normalized spacial score (nSPS) is 10.7. The number of likely N-dealkylation sites (N-methyl/N-ethyl adjacent to an activating group) is 1. The molecule has 0 unspecified atom stereocenters. The summed E-state index contributed by atoms with van der Waals surface area (Å²) in [5, 5.41) is 13.8. The Kier molecular flexibility index (Phi) is 6.89. The van der Waals surface area contributed by atoms with Gasteiger partial charge in [0.1, 0.15) is 6.54 Å². The summed E-state index contributed by atoms with van der Waals surface area (Å²) < 4.78 is 0.